The van der Waals surface area contributed by atoms with E-state index in [1.807, 2.05) is 12.1 Å². The van der Waals surface area contributed by atoms with Gasteiger partial charge >= 0.3 is 5.63 Å². The van der Waals surface area contributed by atoms with E-state index < -0.39 is 11.5 Å². The van der Waals surface area contributed by atoms with Crippen molar-refractivity contribution in [2.75, 3.05) is 6.54 Å². The van der Waals surface area contributed by atoms with Crippen molar-refractivity contribution in [2.24, 2.45) is 0 Å². The van der Waals surface area contributed by atoms with Crippen LogP contribution in [-0.2, 0) is 6.42 Å². The number of nitrogens with one attached hydrogen (secondary N) is 1. The minimum absolute atomic E-state index is 0.00789. The average molecular weight is 353 g/mol. The molecule has 0 radical (unpaired) electrons. The van der Waals surface area contributed by atoms with Gasteiger partial charge in [-0.1, -0.05) is 12.1 Å². The summed E-state index contributed by atoms with van der Waals surface area (Å²) in [6.45, 7) is 0.448. The molecule has 0 saturated heterocycles. The Labute approximate surface area is 149 Å². The lowest BCUT2D eigenvalue weighted by Crippen LogP contribution is -2.29. The molecule has 3 rings (SSSR count). The number of aromatic hydroxyl groups is 2. The van der Waals surface area contributed by atoms with E-state index in [9.17, 15) is 19.8 Å². The van der Waals surface area contributed by atoms with Gasteiger partial charge in [-0.2, -0.15) is 0 Å². The largest absolute Gasteiger partial charge is 0.508 e. The number of benzene rings is 2. The zero-order valence-corrected chi connectivity index (χ0v) is 14.1. The number of rotatable bonds is 6. The van der Waals surface area contributed by atoms with Crippen LogP contribution in [0.5, 0.6) is 11.5 Å². The summed E-state index contributed by atoms with van der Waals surface area (Å²) in [5.74, 6) is -0.240. The van der Waals surface area contributed by atoms with Crippen LogP contribution in [0.4, 0.5) is 0 Å². The minimum atomic E-state index is -0.732. The maximum Gasteiger partial charge on any atom is 0.349 e. The minimum Gasteiger partial charge on any atom is -0.508 e. The van der Waals surface area contributed by atoms with Crippen LogP contribution in [-0.4, -0.2) is 22.7 Å². The van der Waals surface area contributed by atoms with Crippen LogP contribution >= 0.6 is 0 Å². The van der Waals surface area contributed by atoms with E-state index in [-0.39, 0.29) is 22.6 Å². The van der Waals surface area contributed by atoms with E-state index in [1.54, 1.807) is 18.2 Å². The van der Waals surface area contributed by atoms with Crippen LogP contribution in [0.25, 0.3) is 11.0 Å². The Morgan fingerprint density at radius 2 is 1.69 bits per heavy atom. The van der Waals surface area contributed by atoms with Crippen molar-refractivity contribution in [3.05, 3.63) is 70.1 Å². The fraction of sp³-hybridized carbons (Fsp3) is 0.200. The van der Waals surface area contributed by atoms with E-state index in [0.717, 1.165) is 24.8 Å². The predicted molar refractivity (Wildman–Crippen MR) is 97.5 cm³/mol. The number of fused-ring (bicyclic) bond motifs is 1. The smallest absolute Gasteiger partial charge is 0.349 e. The van der Waals surface area contributed by atoms with Crippen LogP contribution in [0.1, 0.15) is 28.8 Å². The first-order valence-corrected chi connectivity index (χ1v) is 8.36. The predicted octanol–water partition coefficient (Wildman–Crippen LogP) is 2.96. The Balaban J connectivity index is 1.54. The molecule has 6 heteroatoms. The molecular weight excluding hydrogens is 334 g/mol. The van der Waals surface area contributed by atoms with Gasteiger partial charge in [-0.05, 0) is 55.2 Å². The summed E-state index contributed by atoms with van der Waals surface area (Å²) < 4.78 is 5.09. The van der Waals surface area contributed by atoms with Crippen molar-refractivity contribution >= 4 is 16.9 Å². The van der Waals surface area contributed by atoms with Crippen molar-refractivity contribution in [1.82, 2.24) is 5.32 Å². The van der Waals surface area contributed by atoms with Crippen LogP contribution < -0.4 is 10.9 Å². The lowest BCUT2D eigenvalue weighted by Gasteiger charge is -2.06. The molecule has 6 nitrogen and oxygen atoms in total. The quantitative estimate of drug-likeness (QED) is 0.467. The van der Waals surface area contributed by atoms with Crippen LogP contribution in [0.3, 0.4) is 0 Å². The van der Waals surface area contributed by atoms with Gasteiger partial charge in [-0.15, -0.1) is 0 Å². The molecule has 0 aliphatic carbocycles. The van der Waals surface area contributed by atoms with Crippen LogP contribution in [0.15, 0.2) is 57.7 Å². The maximum atomic E-state index is 12.2. The van der Waals surface area contributed by atoms with Gasteiger partial charge in [0.2, 0.25) is 0 Å². The summed E-state index contributed by atoms with van der Waals surface area (Å²) in [4.78, 5) is 24.2. The van der Waals surface area contributed by atoms with Gasteiger partial charge in [0.1, 0.15) is 22.6 Å². The maximum absolute atomic E-state index is 12.2. The third-order valence-electron chi connectivity index (χ3n) is 4.08. The van der Waals surface area contributed by atoms with Crippen molar-refractivity contribution in [1.29, 1.82) is 0 Å². The van der Waals surface area contributed by atoms with E-state index >= 15 is 0 Å². The molecule has 1 amide bonds. The summed E-state index contributed by atoms with van der Waals surface area (Å²) >= 11 is 0. The first-order valence-electron chi connectivity index (χ1n) is 8.36. The molecule has 0 fully saturated rings. The molecule has 1 aromatic heterocycles. The monoisotopic (exact) mass is 353 g/mol. The van der Waals surface area contributed by atoms with Gasteiger partial charge in [0.15, 0.2) is 0 Å². The highest BCUT2D eigenvalue weighted by Gasteiger charge is 2.13. The molecule has 134 valence electrons. The normalized spacial score (nSPS) is 10.8. The molecule has 3 aromatic rings. The number of aryl methyl sites for hydroxylation is 1. The lowest BCUT2D eigenvalue weighted by atomic mass is 10.1. The summed E-state index contributed by atoms with van der Waals surface area (Å²) in [5.41, 5.74) is 0.569. The average Bonchev–Trinajstić information content (AvgIpc) is 2.62. The summed E-state index contributed by atoms with van der Waals surface area (Å²) in [7, 11) is 0. The molecule has 0 atom stereocenters. The zero-order valence-electron chi connectivity index (χ0n) is 14.1. The fourth-order valence-electron chi connectivity index (χ4n) is 2.67. The second-order valence-electron chi connectivity index (χ2n) is 6.05. The fourth-order valence-corrected chi connectivity index (χ4v) is 2.67. The van der Waals surface area contributed by atoms with E-state index in [1.165, 1.54) is 18.2 Å². The van der Waals surface area contributed by atoms with E-state index in [2.05, 4.69) is 5.32 Å². The zero-order chi connectivity index (χ0) is 18.5. The first-order chi connectivity index (χ1) is 12.5. The number of carbonyl (C=O) groups is 1. The summed E-state index contributed by atoms with van der Waals surface area (Å²) in [6, 6.07) is 12.9. The molecule has 0 bridgehead atoms. The van der Waals surface area contributed by atoms with Gasteiger partial charge in [0, 0.05) is 18.0 Å². The van der Waals surface area contributed by atoms with Crippen molar-refractivity contribution in [2.45, 2.75) is 19.3 Å². The number of hydrogen-bond donors (Lipinski definition) is 3. The van der Waals surface area contributed by atoms with Gasteiger partial charge in [0.05, 0.1) is 0 Å². The molecule has 2 aromatic carbocycles. The Kier molecular flexibility index (Phi) is 5.22. The van der Waals surface area contributed by atoms with E-state index in [4.69, 9.17) is 4.42 Å². The number of amides is 1. The molecule has 0 unspecified atom stereocenters. The number of unbranched alkanes of at least 4 members (excludes halogenated alkanes) is 1. The lowest BCUT2D eigenvalue weighted by molar-refractivity contribution is 0.0949. The molecule has 26 heavy (non-hydrogen) atoms. The number of phenols is 2. The number of hydrogen-bond acceptors (Lipinski definition) is 5. The van der Waals surface area contributed by atoms with Gasteiger partial charge < -0.3 is 19.9 Å². The highest BCUT2D eigenvalue weighted by atomic mass is 16.4. The summed E-state index contributed by atoms with van der Waals surface area (Å²) in [5, 5.41) is 21.9. The van der Waals surface area contributed by atoms with Crippen LogP contribution in [0, 0.1) is 0 Å². The highest BCUT2D eigenvalue weighted by molar-refractivity contribution is 5.96. The molecule has 0 spiro atoms. The van der Waals surface area contributed by atoms with E-state index in [0.29, 0.717) is 11.9 Å². The van der Waals surface area contributed by atoms with Gasteiger partial charge in [-0.25, -0.2) is 4.79 Å². The Hall–Kier alpha value is -3.28. The highest BCUT2D eigenvalue weighted by Crippen LogP contribution is 2.19. The van der Waals surface area contributed by atoms with Crippen molar-refractivity contribution < 1.29 is 19.4 Å². The standard InChI is InChI=1S/C20H19NO5/c22-15-7-4-13(5-8-15)3-1-2-10-21-19(24)17-11-14-6-9-16(23)12-18(14)26-20(17)25/h4-9,11-12,22-23H,1-3,10H2,(H,21,24). The van der Waals surface area contributed by atoms with Gasteiger partial charge in [-0.3, -0.25) is 4.79 Å². The number of carbonyl (C=O) groups excluding carboxylic acids is 1. The number of phenolic OH excluding ortho intramolecular Hbond substituents is 2. The van der Waals surface area contributed by atoms with Crippen molar-refractivity contribution in [3.63, 3.8) is 0 Å². The molecule has 0 aliphatic heterocycles. The van der Waals surface area contributed by atoms with Crippen molar-refractivity contribution in [3.8, 4) is 11.5 Å². The second-order valence-corrected chi connectivity index (χ2v) is 6.05. The topological polar surface area (TPSA) is 99.8 Å². The molecular formula is C20H19NO5. The molecule has 3 N–H and O–H groups in total. The molecule has 0 saturated carbocycles. The molecule has 1 heterocycles. The summed E-state index contributed by atoms with van der Waals surface area (Å²) in [6.07, 6.45) is 2.48. The Morgan fingerprint density at radius 1 is 0.962 bits per heavy atom. The second kappa shape index (κ2) is 7.74. The van der Waals surface area contributed by atoms with Gasteiger partial charge in [0.25, 0.3) is 5.91 Å². The van der Waals surface area contributed by atoms with Crippen LogP contribution in [0.2, 0.25) is 0 Å². The third kappa shape index (κ3) is 4.22. The first kappa shape index (κ1) is 17.5. The Bertz CT molecular complexity index is 976. The Morgan fingerprint density at radius 3 is 2.46 bits per heavy atom. The molecule has 0 aliphatic rings. The third-order valence-corrected chi connectivity index (χ3v) is 4.08. The SMILES string of the molecule is O=C(NCCCCc1ccc(O)cc1)c1cc2ccc(O)cc2oc1=O.